The zero-order valence-corrected chi connectivity index (χ0v) is 11.8. The molecule has 0 N–H and O–H groups in total. The van der Waals surface area contributed by atoms with Crippen LogP contribution < -0.4 is 4.74 Å². The minimum atomic E-state index is -0.607. The number of ether oxygens (including phenoxy) is 1. The highest BCUT2D eigenvalue weighted by molar-refractivity contribution is 6.35. The van der Waals surface area contributed by atoms with Crippen molar-refractivity contribution in [1.29, 1.82) is 0 Å². The molecule has 0 amide bonds. The van der Waals surface area contributed by atoms with Crippen LogP contribution in [0, 0.1) is 5.82 Å². The molecule has 2 aromatic rings. The Bertz CT molecular complexity index is 626. The van der Waals surface area contributed by atoms with Gasteiger partial charge in [-0.25, -0.2) is 4.39 Å². The first kappa shape index (κ1) is 14.5. The summed E-state index contributed by atoms with van der Waals surface area (Å²) in [7, 11) is 0. The predicted molar refractivity (Wildman–Crippen MR) is 77.1 cm³/mol. The van der Waals surface area contributed by atoms with Crippen LogP contribution in [0.4, 0.5) is 4.39 Å². The molecule has 2 nitrogen and oxygen atoms in total. The maximum Gasteiger partial charge on any atom is 0.198 e. The summed E-state index contributed by atoms with van der Waals surface area (Å²) < 4.78 is 19.0. The Morgan fingerprint density at radius 3 is 2.60 bits per heavy atom. The number of halogens is 2. The van der Waals surface area contributed by atoms with E-state index in [1.165, 1.54) is 18.2 Å². The Labute approximate surface area is 122 Å². The Balaban J connectivity index is 2.40. The highest BCUT2D eigenvalue weighted by atomic mass is 35.5. The van der Waals surface area contributed by atoms with Crippen LogP contribution in [0.1, 0.15) is 29.3 Å². The van der Waals surface area contributed by atoms with Crippen molar-refractivity contribution in [2.75, 3.05) is 6.61 Å². The van der Waals surface area contributed by atoms with Gasteiger partial charge in [-0.1, -0.05) is 36.7 Å². The second-order valence-electron chi connectivity index (χ2n) is 4.28. The van der Waals surface area contributed by atoms with E-state index in [0.29, 0.717) is 17.9 Å². The third-order valence-electron chi connectivity index (χ3n) is 2.79. The predicted octanol–water partition coefficient (Wildman–Crippen LogP) is 4.50. The average molecular weight is 293 g/mol. The SMILES string of the molecule is CCCOc1ccccc1C(=O)c1cccc(F)c1Cl. The molecule has 0 fully saturated rings. The highest BCUT2D eigenvalue weighted by Gasteiger charge is 2.18. The van der Waals surface area contributed by atoms with E-state index in [1.54, 1.807) is 24.3 Å². The monoisotopic (exact) mass is 292 g/mol. The zero-order chi connectivity index (χ0) is 14.5. The molecule has 4 heteroatoms. The van der Waals surface area contributed by atoms with Gasteiger partial charge in [-0.05, 0) is 30.7 Å². The van der Waals surface area contributed by atoms with E-state index in [0.717, 1.165) is 6.42 Å². The van der Waals surface area contributed by atoms with E-state index in [1.807, 2.05) is 6.92 Å². The van der Waals surface area contributed by atoms with E-state index < -0.39 is 5.82 Å². The molecule has 0 heterocycles. The lowest BCUT2D eigenvalue weighted by Gasteiger charge is -2.10. The molecule has 0 atom stereocenters. The molecule has 0 bridgehead atoms. The topological polar surface area (TPSA) is 26.3 Å². The normalized spacial score (nSPS) is 10.3. The molecule has 20 heavy (non-hydrogen) atoms. The van der Waals surface area contributed by atoms with E-state index in [2.05, 4.69) is 0 Å². The molecule has 2 rings (SSSR count). The lowest BCUT2D eigenvalue weighted by molar-refractivity contribution is 0.103. The van der Waals surface area contributed by atoms with Gasteiger partial charge in [0.25, 0.3) is 0 Å². The molecule has 0 aliphatic heterocycles. The number of hydrogen-bond acceptors (Lipinski definition) is 2. The van der Waals surface area contributed by atoms with Gasteiger partial charge in [0.2, 0.25) is 0 Å². The fourth-order valence-corrected chi connectivity index (χ4v) is 2.03. The van der Waals surface area contributed by atoms with Gasteiger partial charge in [0.05, 0.1) is 17.2 Å². The fraction of sp³-hybridized carbons (Fsp3) is 0.188. The third-order valence-corrected chi connectivity index (χ3v) is 3.17. The summed E-state index contributed by atoms with van der Waals surface area (Å²) in [6.07, 6.45) is 0.837. The van der Waals surface area contributed by atoms with E-state index >= 15 is 0 Å². The maximum atomic E-state index is 13.4. The molecular formula is C16H14ClFO2. The molecule has 0 saturated heterocycles. The minimum Gasteiger partial charge on any atom is -0.493 e. The van der Waals surface area contributed by atoms with Crippen molar-refractivity contribution in [2.45, 2.75) is 13.3 Å². The lowest BCUT2D eigenvalue weighted by Crippen LogP contribution is -2.07. The second-order valence-corrected chi connectivity index (χ2v) is 4.65. The van der Waals surface area contributed by atoms with E-state index in [9.17, 15) is 9.18 Å². The van der Waals surface area contributed by atoms with E-state index in [-0.39, 0.29) is 16.4 Å². The van der Waals surface area contributed by atoms with E-state index in [4.69, 9.17) is 16.3 Å². The number of benzene rings is 2. The molecule has 104 valence electrons. The number of rotatable bonds is 5. The van der Waals surface area contributed by atoms with Crippen LogP contribution in [0.15, 0.2) is 42.5 Å². The number of carbonyl (C=O) groups excluding carboxylic acids is 1. The average Bonchev–Trinajstić information content (AvgIpc) is 2.47. The number of carbonyl (C=O) groups is 1. The van der Waals surface area contributed by atoms with Crippen molar-refractivity contribution in [3.05, 3.63) is 64.4 Å². The smallest absolute Gasteiger partial charge is 0.198 e. The maximum absolute atomic E-state index is 13.4. The van der Waals surface area contributed by atoms with Gasteiger partial charge in [-0.2, -0.15) is 0 Å². The van der Waals surface area contributed by atoms with Crippen LogP contribution in [0.25, 0.3) is 0 Å². The Morgan fingerprint density at radius 1 is 1.15 bits per heavy atom. The Kier molecular flexibility index (Phi) is 4.74. The first-order valence-electron chi connectivity index (χ1n) is 6.35. The summed E-state index contributed by atoms with van der Waals surface area (Å²) in [5, 5.41) is -0.164. The first-order valence-corrected chi connectivity index (χ1v) is 6.73. The molecule has 0 spiro atoms. The van der Waals surface area contributed by atoms with Crippen LogP contribution in [-0.2, 0) is 0 Å². The first-order chi connectivity index (χ1) is 9.65. The van der Waals surface area contributed by atoms with Crippen molar-refractivity contribution >= 4 is 17.4 Å². The van der Waals surface area contributed by atoms with Crippen molar-refractivity contribution < 1.29 is 13.9 Å². The summed E-state index contributed by atoms with van der Waals surface area (Å²) in [5.41, 5.74) is 0.521. The second kappa shape index (κ2) is 6.53. The van der Waals surface area contributed by atoms with Crippen LogP contribution in [-0.4, -0.2) is 12.4 Å². The Morgan fingerprint density at radius 2 is 1.85 bits per heavy atom. The summed E-state index contributed by atoms with van der Waals surface area (Å²) in [6.45, 7) is 2.50. The zero-order valence-electron chi connectivity index (χ0n) is 11.0. The van der Waals surface area contributed by atoms with Crippen LogP contribution in [0.3, 0.4) is 0 Å². The number of hydrogen-bond donors (Lipinski definition) is 0. The summed E-state index contributed by atoms with van der Waals surface area (Å²) in [6, 6.07) is 11.1. The minimum absolute atomic E-state index is 0.138. The van der Waals surface area contributed by atoms with Gasteiger partial charge < -0.3 is 4.74 Å². The molecule has 0 saturated carbocycles. The van der Waals surface area contributed by atoms with Gasteiger partial charge in [0, 0.05) is 5.56 Å². The number of para-hydroxylation sites is 1. The van der Waals surface area contributed by atoms with Gasteiger partial charge >= 0.3 is 0 Å². The standard InChI is InChI=1S/C16H14ClFO2/c1-2-10-20-14-9-4-3-6-11(14)16(19)12-7-5-8-13(18)15(12)17/h3-9H,2,10H2,1H3. The van der Waals surface area contributed by atoms with Crippen LogP contribution in [0.2, 0.25) is 5.02 Å². The molecular weight excluding hydrogens is 279 g/mol. The molecule has 0 radical (unpaired) electrons. The van der Waals surface area contributed by atoms with Crippen molar-refractivity contribution in [3.8, 4) is 5.75 Å². The quantitative estimate of drug-likeness (QED) is 0.759. The van der Waals surface area contributed by atoms with Gasteiger partial charge in [0.15, 0.2) is 5.78 Å². The fourth-order valence-electron chi connectivity index (χ4n) is 1.82. The largest absolute Gasteiger partial charge is 0.493 e. The van der Waals surface area contributed by atoms with Crippen molar-refractivity contribution in [3.63, 3.8) is 0 Å². The molecule has 0 aromatic heterocycles. The molecule has 0 aliphatic carbocycles. The van der Waals surface area contributed by atoms with Gasteiger partial charge in [-0.3, -0.25) is 4.79 Å². The summed E-state index contributed by atoms with van der Waals surface area (Å²) >= 11 is 5.86. The van der Waals surface area contributed by atoms with Crippen molar-refractivity contribution in [1.82, 2.24) is 0 Å². The van der Waals surface area contributed by atoms with Crippen LogP contribution in [0.5, 0.6) is 5.75 Å². The van der Waals surface area contributed by atoms with Gasteiger partial charge in [-0.15, -0.1) is 0 Å². The third kappa shape index (κ3) is 2.99. The van der Waals surface area contributed by atoms with Crippen molar-refractivity contribution in [2.24, 2.45) is 0 Å². The lowest BCUT2D eigenvalue weighted by atomic mass is 10.0. The molecule has 0 aliphatic rings. The molecule has 0 unspecified atom stereocenters. The highest BCUT2D eigenvalue weighted by Crippen LogP contribution is 2.26. The summed E-state index contributed by atoms with van der Waals surface area (Å²) in [5.74, 6) is -0.467. The summed E-state index contributed by atoms with van der Waals surface area (Å²) in [4.78, 5) is 12.5. The Hall–Kier alpha value is -1.87. The van der Waals surface area contributed by atoms with Crippen LogP contribution >= 0.6 is 11.6 Å². The van der Waals surface area contributed by atoms with Gasteiger partial charge in [0.1, 0.15) is 11.6 Å². The molecule has 2 aromatic carbocycles. The number of ketones is 1.